The quantitative estimate of drug-likeness (QED) is 0.688. The highest BCUT2D eigenvalue weighted by atomic mass is 16.1. The smallest absolute Gasteiger partial charge is 0.348 e. The second-order valence-corrected chi connectivity index (χ2v) is 4.55. The van der Waals surface area contributed by atoms with Crippen LogP contribution >= 0.6 is 0 Å². The van der Waals surface area contributed by atoms with Crippen molar-refractivity contribution in [3.8, 4) is 0 Å². The van der Waals surface area contributed by atoms with E-state index < -0.39 is 0 Å². The van der Waals surface area contributed by atoms with Gasteiger partial charge < -0.3 is 5.32 Å². The predicted molar refractivity (Wildman–Crippen MR) is 76.9 cm³/mol. The largest absolute Gasteiger partial charge is 0.370 e. The molecule has 0 radical (unpaired) electrons. The highest BCUT2D eigenvalue weighted by molar-refractivity contribution is 5.48. The second-order valence-electron chi connectivity index (χ2n) is 4.55. The van der Waals surface area contributed by atoms with Gasteiger partial charge in [-0.2, -0.15) is 5.10 Å². The molecule has 2 N–H and O–H groups in total. The van der Waals surface area contributed by atoms with Gasteiger partial charge in [0, 0.05) is 12.6 Å². The van der Waals surface area contributed by atoms with Gasteiger partial charge in [0.05, 0.1) is 0 Å². The molecule has 0 bridgehead atoms. The molecule has 6 nitrogen and oxygen atoms in total. The molecule has 0 saturated carbocycles. The molecule has 20 heavy (non-hydrogen) atoms. The number of hydrogen-bond acceptors (Lipinski definition) is 4. The first-order valence-electron chi connectivity index (χ1n) is 6.53. The first-order chi connectivity index (χ1) is 9.83. The molecule has 6 heteroatoms. The Morgan fingerprint density at radius 3 is 2.95 bits per heavy atom. The van der Waals surface area contributed by atoms with Crippen molar-refractivity contribution in [1.82, 2.24) is 19.6 Å². The van der Waals surface area contributed by atoms with Gasteiger partial charge in [0.1, 0.15) is 12.1 Å². The van der Waals surface area contributed by atoms with Crippen LogP contribution in [0.15, 0.2) is 47.5 Å². The monoisotopic (exact) mass is 269 g/mol. The van der Waals surface area contributed by atoms with E-state index in [0.717, 1.165) is 25.2 Å². The van der Waals surface area contributed by atoms with E-state index in [9.17, 15) is 4.79 Å². The summed E-state index contributed by atoms with van der Waals surface area (Å²) in [5.74, 6) is 0.726. The molecule has 0 aliphatic heterocycles. The third kappa shape index (κ3) is 2.69. The Balaban J connectivity index is 1.56. The highest BCUT2D eigenvalue weighted by Gasteiger charge is 2.01. The van der Waals surface area contributed by atoms with E-state index in [0.29, 0.717) is 5.65 Å². The van der Waals surface area contributed by atoms with Crippen LogP contribution in [0, 0.1) is 0 Å². The van der Waals surface area contributed by atoms with Gasteiger partial charge in [-0.3, -0.25) is 0 Å². The molecule has 0 unspecified atom stereocenters. The maximum Gasteiger partial charge on any atom is 0.348 e. The minimum atomic E-state index is -0.275. The summed E-state index contributed by atoms with van der Waals surface area (Å²) in [6.07, 6.45) is 3.52. The van der Waals surface area contributed by atoms with Crippen LogP contribution in [-0.4, -0.2) is 26.1 Å². The van der Waals surface area contributed by atoms with Gasteiger partial charge in [-0.05, 0) is 18.4 Å². The van der Waals surface area contributed by atoms with Gasteiger partial charge in [0.25, 0.3) is 0 Å². The van der Waals surface area contributed by atoms with E-state index in [2.05, 4.69) is 32.6 Å². The molecular formula is C14H15N5O. The molecule has 0 saturated heterocycles. The average molecular weight is 269 g/mol. The molecule has 0 fully saturated rings. The van der Waals surface area contributed by atoms with Crippen LogP contribution in [0.5, 0.6) is 0 Å². The number of nitrogens with one attached hydrogen (secondary N) is 2. The van der Waals surface area contributed by atoms with Crippen molar-refractivity contribution in [3.63, 3.8) is 0 Å². The Bertz CT molecular complexity index is 747. The van der Waals surface area contributed by atoms with Crippen LogP contribution in [0.1, 0.15) is 12.0 Å². The Hall–Kier alpha value is -2.63. The van der Waals surface area contributed by atoms with Gasteiger partial charge in [-0.1, -0.05) is 30.3 Å². The van der Waals surface area contributed by atoms with E-state index in [1.54, 1.807) is 6.07 Å². The van der Waals surface area contributed by atoms with E-state index in [1.165, 1.54) is 16.3 Å². The third-order valence-corrected chi connectivity index (χ3v) is 3.10. The number of anilines is 1. The fraction of sp³-hybridized carbons (Fsp3) is 0.214. The fourth-order valence-corrected chi connectivity index (χ4v) is 2.06. The molecule has 3 aromatic rings. The van der Waals surface area contributed by atoms with E-state index >= 15 is 0 Å². The molecule has 102 valence electrons. The molecule has 0 atom stereocenters. The van der Waals surface area contributed by atoms with Crippen LogP contribution in [-0.2, 0) is 6.42 Å². The van der Waals surface area contributed by atoms with Crippen LogP contribution in [0.25, 0.3) is 5.65 Å². The highest BCUT2D eigenvalue weighted by Crippen LogP contribution is 2.06. The summed E-state index contributed by atoms with van der Waals surface area (Å²) in [5, 5.41) is 9.52. The molecule has 2 aromatic heterocycles. The Morgan fingerprint density at radius 2 is 2.10 bits per heavy atom. The van der Waals surface area contributed by atoms with E-state index in [-0.39, 0.29) is 5.69 Å². The summed E-state index contributed by atoms with van der Waals surface area (Å²) in [5.41, 5.74) is 1.62. The van der Waals surface area contributed by atoms with E-state index in [4.69, 9.17) is 0 Å². The molecular weight excluding hydrogens is 254 g/mol. The van der Waals surface area contributed by atoms with Crippen molar-refractivity contribution in [2.24, 2.45) is 0 Å². The first-order valence-corrected chi connectivity index (χ1v) is 6.53. The molecule has 2 heterocycles. The zero-order valence-corrected chi connectivity index (χ0v) is 10.9. The van der Waals surface area contributed by atoms with Gasteiger partial charge in [0.2, 0.25) is 0 Å². The average Bonchev–Trinajstić information content (AvgIpc) is 2.86. The summed E-state index contributed by atoms with van der Waals surface area (Å²) < 4.78 is 1.37. The lowest BCUT2D eigenvalue weighted by Gasteiger charge is -2.05. The summed E-state index contributed by atoms with van der Waals surface area (Å²) in [7, 11) is 0. The Morgan fingerprint density at radius 1 is 1.25 bits per heavy atom. The predicted octanol–water partition coefficient (Wildman–Crippen LogP) is 1.46. The summed E-state index contributed by atoms with van der Waals surface area (Å²) in [6, 6.07) is 12.1. The van der Waals surface area contributed by atoms with Crippen molar-refractivity contribution in [2.75, 3.05) is 11.9 Å². The first kappa shape index (κ1) is 12.4. The minimum absolute atomic E-state index is 0.275. The third-order valence-electron chi connectivity index (χ3n) is 3.10. The molecule has 0 spiro atoms. The maximum absolute atomic E-state index is 11.3. The standard InChI is InChI=1S/C14H15N5O/c20-14-18-17-13-9-12(16-10-19(13)14)15-8-4-7-11-5-2-1-3-6-11/h1-3,5-6,9-10,15H,4,7-8H2,(H,18,20). The van der Waals surface area contributed by atoms with Gasteiger partial charge in [-0.25, -0.2) is 19.3 Å². The fourth-order valence-electron chi connectivity index (χ4n) is 2.06. The Labute approximate surface area is 115 Å². The second kappa shape index (κ2) is 5.56. The normalized spacial score (nSPS) is 10.8. The lowest BCUT2D eigenvalue weighted by molar-refractivity contribution is 0.857. The summed E-state index contributed by atoms with van der Waals surface area (Å²) >= 11 is 0. The van der Waals surface area contributed by atoms with Crippen LogP contribution in [0.2, 0.25) is 0 Å². The number of aromatic amines is 1. The van der Waals surface area contributed by atoms with Gasteiger partial charge >= 0.3 is 5.69 Å². The van der Waals surface area contributed by atoms with Gasteiger partial charge in [0.15, 0.2) is 5.65 Å². The van der Waals surface area contributed by atoms with Gasteiger partial charge in [-0.15, -0.1) is 0 Å². The lowest BCUT2D eigenvalue weighted by atomic mass is 10.1. The SMILES string of the molecule is O=c1[nH]nc2cc(NCCCc3ccccc3)ncn12. The maximum atomic E-state index is 11.3. The number of hydrogen-bond donors (Lipinski definition) is 2. The summed E-state index contributed by atoms with van der Waals surface area (Å²) in [6.45, 7) is 0.826. The molecule has 0 aliphatic carbocycles. The number of benzene rings is 1. The number of aromatic nitrogens is 4. The number of fused-ring (bicyclic) bond motifs is 1. The van der Waals surface area contributed by atoms with Crippen LogP contribution in [0.4, 0.5) is 5.82 Å². The zero-order valence-electron chi connectivity index (χ0n) is 10.9. The minimum Gasteiger partial charge on any atom is -0.370 e. The number of rotatable bonds is 5. The lowest BCUT2D eigenvalue weighted by Crippen LogP contribution is -2.10. The van der Waals surface area contributed by atoms with Crippen molar-refractivity contribution < 1.29 is 0 Å². The number of aryl methyl sites for hydroxylation is 1. The summed E-state index contributed by atoms with van der Waals surface area (Å²) in [4.78, 5) is 15.5. The molecule has 3 rings (SSSR count). The molecule has 0 aliphatic rings. The van der Waals surface area contributed by atoms with Crippen LogP contribution in [0.3, 0.4) is 0 Å². The van der Waals surface area contributed by atoms with Crippen molar-refractivity contribution in [1.29, 1.82) is 0 Å². The van der Waals surface area contributed by atoms with Crippen molar-refractivity contribution in [2.45, 2.75) is 12.8 Å². The van der Waals surface area contributed by atoms with Crippen molar-refractivity contribution >= 4 is 11.5 Å². The molecule has 0 amide bonds. The van der Waals surface area contributed by atoms with E-state index in [1.807, 2.05) is 18.2 Å². The Kier molecular flexibility index (Phi) is 3.45. The molecule has 1 aromatic carbocycles. The number of nitrogens with zero attached hydrogens (tertiary/aromatic N) is 3. The number of H-pyrrole nitrogens is 1. The zero-order chi connectivity index (χ0) is 13.8. The topological polar surface area (TPSA) is 75.1 Å². The van der Waals surface area contributed by atoms with Crippen molar-refractivity contribution in [3.05, 3.63) is 58.8 Å². The van der Waals surface area contributed by atoms with Crippen LogP contribution < -0.4 is 11.0 Å².